The van der Waals surface area contributed by atoms with Gasteiger partial charge >= 0.3 is 0 Å². The molecule has 0 bridgehead atoms. The number of aromatic nitrogens is 1. The van der Waals surface area contributed by atoms with Crippen molar-refractivity contribution in [3.63, 3.8) is 0 Å². The predicted molar refractivity (Wildman–Crippen MR) is 74.3 cm³/mol. The molecule has 0 aliphatic heterocycles. The Kier molecular flexibility index (Phi) is 3.80. The Bertz CT molecular complexity index is 569. The van der Waals surface area contributed by atoms with Crippen LogP contribution in [0.25, 0.3) is 0 Å². The molecule has 4 heteroatoms. The highest BCUT2D eigenvalue weighted by atomic mass is 16.2. The number of nitrogens with one attached hydrogen (secondary N) is 2. The molecule has 1 heterocycles. The van der Waals surface area contributed by atoms with E-state index in [9.17, 15) is 9.59 Å². The molecular formula is C15H16N2O2. The van der Waals surface area contributed by atoms with Crippen LogP contribution in [0.3, 0.4) is 0 Å². The summed E-state index contributed by atoms with van der Waals surface area (Å²) in [6.07, 6.45) is 1.61. The van der Waals surface area contributed by atoms with Gasteiger partial charge in [-0.3, -0.25) is 9.59 Å². The van der Waals surface area contributed by atoms with Crippen LogP contribution in [-0.4, -0.2) is 16.7 Å². The molecule has 0 radical (unpaired) electrons. The van der Waals surface area contributed by atoms with E-state index in [0.29, 0.717) is 11.6 Å². The number of anilines is 1. The Balaban J connectivity index is 2.05. The number of hydrogen-bond acceptors (Lipinski definition) is 2. The highest BCUT2D eigenvalue weighted by Gasteiger charge is 2.16. The van der Waals surface area contributed by atoms with E-state index in [2.05, 4.69) is 24.1 Å². The van der Waals surface area contributed by atoms with Gasteiger partial charge in [0, 0.05) is 11.9 Å². The summed E-state index contributed by atoms with van der Waals surface area (Å²) in [5.74, 6) is -0.775. The number of Topliss-reactive ketones (excluding diaryl/α,β-unsaturated/α-hetero) is 1. The molecule has 2 aromatic rings. The zero-order valence-corrected chi connectivity index (χ0v) is 10.9. The van der Waals surface area contributed by atoms with Gasteiger partial charge in [-0.05, 0) is 35.7 Å². The average molecular weight is 256 g/mol. The molecule has 98 valence electrons. The molecule has 2 rings (SSSR count). The van der Waals surface area contributed by atoms with Crippen LogP contribution < -0.4 is 5.32 Å². The maximum Gasteiger partial charge on any atom is 0.298 e. The van der Waals surface area contributed by atoms with Crippen molar-refractivity contribution in [2.45, 2.75) is 19.8 Å². The number of amides is 1. The summed E-state index contributed by atoms with van der Waals surface area (Å²) < 4.78 is 0. The number of aromatic amines is 1. The normalized spacial score (nSPS) is 10.5. The van der Waals surface area contributed by atoms with Gasteiger partial charge < -0.3 is 10.3 Å². The second-order valence-corrected chi connectivity index (χ2v) is 4.64. The average Bonchev–Trinajstić information content (AvgIpc) is 2.92. The highest BCUT2D eigenvalue weighted by Crippen LogP contribution is 2.17. The third kappa shape index (κ3) is 3.10. The van der Waals surface area contributed by atoms with Crippen molar-refractivity contribution in [1.82, 2.24) is 4.98 Å². The molecule has 0 atom stereocenters. The number of rotatable bonds is 4. The second-order valence-electron chi connectivity index (χ2n) is 4.64. The molecule has 0 saturated carbocycles. The van der Waals surface area contributed by atoms with Crippen molar-refractivity contribution in [3.8, 4) is 0 Å². The zero-order chi connectivity index (χ0) is 13.8. The van der Waals surface area contributed by atoms with Crippen molar-refractivity contribution < 1.29 is 9.59 Å². The molecule has 2 N–H and O–H groups in total. The Morgan fingerprint density at radius 2 is 1.79 bits per heavy atom. The van der Waals surface area contributed by atoms with Crippen LogP contribution in [0, 0.1) is 0 Å². The van der Waals surface area contributed by atoms with E-state index in [1.807, 2.05) is 12.1 Å². The molecule has 1 aromatic carbocycles. The van der Waals surface area contributed by atoms with Crippen LogP contribution in [0.15, 0.2) is 42.6 Å². The van der Waals surface area contributed by atoms with Crippen LogP contribution in [-0.2, 0) is 4.79 Å². The molecule has 1 amide bonds. The van der Waals surface area contributed by atoms with Crippen LogP contribution >= 0.6 is 0 Å². The van der Waals surface area contributed by atoms with Gasteiger partial charge in [0.05, 0.1) is 5.69 Å². The third-order valence-corrected chi connectivity index (χ3v) is 2.88. The number of ketones is 1. The molecule has 0 fully saturated rings. The molecule has 0 aliphatic rings. The van der Waals surface area contributed by atoms with E-state index in [0.717, 1.165) is 0 Å². The summed E-state index contributed by atoms with van der Waals surface area (Å²) in [6, 6.07) is 10.7. The Morgan fingerprint density at radius 3 is 2.32 bits per heavy atom. The summed E-state index contributed by atoms with van der Waals surface area (Å²) >= 11 is 0. The lowest BCUT2D eigenvalue weighted by Gasteiger charge is -2.07. The minimum Gasteiger partial charge on any atom is -0.358 e. The van der Waals surface area contributed by atoms with E-state index in [1.54, 1.807) is 30.5 Å². The van der Waals surface area contributed by atoms with Crippen LogP contribution in [0.1, 0.15) is 35.8 Å². The number of benzene rings is 1. The SMILES string of the molecule is CC(C)c1ccc(NC(=O)C(=O)c2ccc[nH]2)cc1. The minimum atomic E-state index is -0.639. The van der Waals surface area contributed by atoms with Gasteiger partial charge in [-0.1, -0.05) is 26.0 Å². The number of H-pyrrole nitrogens is 1. The van der Waals surface area contributed by atoms with E-state index < -0.39 is 11.7 Å². The van der Waals surface area contributed by atoms with Gasteiger partial charge in [-0.15, -0.1) is 0 Å². The van der Waals surface area contributed by atoms with E-state index >= 15 is 0 Å². The van der Waals surface area contributed by atoms with Crippen molar-refractivity contribution in [2.24, 2.45) is 0 Å². The fourth-order valence-corrected chi connectivity index (χ4v) is 1.73. The van der Waals surface area contributed by atoms with Crippen LogP contribution in [0.5, 0.6) is 0 Å². The second kappa shape index (κ2) is 5.52. The predicted octanol–water partition coefficient (Wildman–Crippen LogP) is 2.96. The smallest absolute Gasteiger partial charge is 0.298 e. The summed E-state index contributed by atoms with van der Waals surface area (Å²) in [6.45, 7) is 4.20. The molecular weight excluding hydrogens is 240 g/mol. The molecule has 0 unspecified atom stereocenters. The first-order chi connectivity index (χ1) is 9.08. The molecule has 19 heavy (non-hydrogen) atoms. The Morgan fingerprint density at radius 1 is 1.11 bits per heavy atom. The molecule has 1 aromatic heterocycles. The van der Waals surface area contributed by atoms with Gasteiger partial charge in [0.2, 0.25) is 0 Å². The third-order valence-electron chi connectivity index (χ3n) is 2.88. The number of carbonyl (C=O) groups is 2. The Hall–Kier alpha value is -2.36. The number of carbonyl (C=O) groups excluding carboxylic acids is 2. The summed E-state index contributed by atoms with van der Waals surface area (Å²) in [4.78, 5) is 26.2. The molecule has 4 nitrogen and oxygen atoms in total. The highest BCUT2D eigenvalue weighted by molar-refractivity contribution is 6.46. The molecule has 0 saturated heterocycles. The topological polar surface area (TPSA) is 62.0 Å². The van der Waals surface area contributed by atoms with Crippen molar-refractivity contribution >= 4 is 17.4 Å². The summed E-state index contributed by atoms with van der Waals surface area (Å²) in [5, 5.41) is 2.59. The fourth-order valence-electron chi connectivity index (χ4n) is 1.73. The summed E-state index contributed by atoms with van der Waals surface area (Å²) in [5.41, 5.74) is 2.10. The monoisotopic (exact) mass is 256 g/mol. The van der Waals surface area contributed by atoms with Gasteiger partial charge in [-0.2, -0.15) is 0 Å². The maximum absolute atomic E-state index is 11.7. The van der Waals surface area contributed by atoms with Crippen LogP contribution in [0.4, 0.5) is 5.69 Å². The standard InChI is InChI=1S/C15H16N2O2/c1-10(2)11-5-7-12(8-6-11)17-15(19)14(18)13-4-3-9-16-13/h3-10,16H,1-2H3,(H,17,19). The van der Waals surface area contributed by atoms with Gasteiger partial charge in [-0.25, -0.2) is 0 Å². The van der Waals surface area contributed by atoms with Gasteiger partial charge in [0.1, 0.15) is 0 Å². The number of hydrogen-bond donors (Lipinski definition) is 2. The van der Waals surface area contributed by atoms with Crippen molar-refractivity contribution in [2.75, 3.05) is 5.32 Å². The first kappa shape index (κ1) is 13.1. The summed E-state index contributed by atoms with van der Waals surface area (Å²) in [7, 11) is 0. The van der Waals surface area contributed by atoms with E-state index in [-0.39, 0.29) is 5.69 Å². The first-order valence-electron chi connectivity index (χ1n) is 6.17. The molecule has 0 spiro atoms. The minimum absolute atomic E-state index is 0.288. The largest absolute Gasteiger partial charge is 0.358 e. The maximum atomic E-state index is 11.7. The first-order valence-corrected chi connectivity index (χ1v) is 6.17. The van der Waals surface area contributed by atoms with E-state index in [4.69, 9.17) is 0 Å². The van der Waals surface area contributed by atoms with Crippen molar-refractivity contribution in [3.05, 3.63) is 53.9 Å². The molecule has 0 aliphatic carbocycles. The van der Waals surface area contributed by atoms with Crippen LogP contribution in [0.2, 0.25) is 0 Å². The Labute approximate surface area is 111 Å². The lowest BCUT2D eigenvalue weighted by Crippen LogP contribution is -2.23. The lowest BCUT2D eigenvalue weighted by molar-refractivity contribution is -0.112. The fraction of sp³-hybridized carbons (Fsp3) is 0.200. The van der Waals surface area contributed by atoms with Gasteiger partial charge in [0.15, 0.2) is 0 Å². The van der Waals surface area contributed by atoms with Gasteiger partial charge in [0.25, 0.3) is 11.7 Å². The lowest BCUT2D eigenvalue weighted by atomic mass is 10.0. The zero-order valence-electron chi connectivity index (χ0n) is 10.9. The van der Waals surface area contributed by atoms with Crippen molar-refractivity contribution in [1.29, 1.82) is 0 Å². The quantitative estimate of drug-likeness (QED) is 0.652. The van der Waals surface area contributed by atoms with E-state index in [1.165, 1.54) is 5.56 Å².